The number of hydrogen-bond donors (Lipinski definition) is 0. The number of aryl methyl sites for hydroxylation is 1. The second-order valence-electron chi connectivity index (χ2n) is 5.20. The van der Waals surface area contributed by atoms with Crippen LogP contribution in [0.4, 0.5) is 0 Å². The second-order valence-corrected chi connectivity index (χ2v) is 5.20. The maximum Gasteiger partial charge on any atom is 0.342 e. The Labute approximate surface area is 129 Å². The fourth-order valence-electron chi connectivity index (χ4n) is 1.99. The third kappa shape index (κ3) is 3.16. The third-order valence-electron chi connectivity index (χ3n) is 3.45. The average Bonchev–Trinajstić information content (AvgIpc) is 2.84. The van der Waals surface area contributed by atoms with Gasteiger partial charge in [0.25, 0.3) is 5.91 Å². The molecule has 0 bridgehead atoms. The molecule has 1 heterocycles. The molecule has 0 saturated carbocycles. The number of hydrogen-bond acceptors (Lipinski definition) is 4. The van der Waals surface area contributed by atoms with E-state index in [1.807, 2.05) is 6.07 Å². The molecule has 0 spiro atoms. The van der Waals surface area contributed by atoms with Crippen molar-refractivity contribution in [3.63, 3.8) is 0 Å². The van der Waals surface area contributed by atoms with E-state index in [1.165, 1.54) is 11.1 Å². The molecule has 116 valence electrons. The van der Waals surface area contributed by atoms with Gasteiger partial charge in [0, 0.05) is 32.4 Å². The minimum atomic E-state index is -0.969. The van der Waals surface area contributed by atoms with Crippen molar-refractivity contribution in [1.29, 1.82) is 0 Å². The minimum Gasteiger partial charge on any atom is -0.444 e. The van der Waals surface area contributed by atoms with E-state index < -0.39 is 12.1 Å². The van der Waals surface area contributed by atoms with Gasteiger partial charge in [-0.05, 0) is 6.92 Å². The zero-order valence-electron chi connectivity index (χ0n) is 13.1. The molecule has 1 amide bonds. The van der Waals surface area contributed by atoms with Crippen molar-refractivity contribution in [2.24, 2.45) is 7.05 Å². The van der Waals surface area contributed by atoms with Gasteiger partial charge >= 0.3 is 5.97 Å². The summed E-state index contributed by atoms with van der Waals surface area (Å²) in [6.07, 6.45) is 0.475. The van der Waals surface area contributed by atoms with E-state index in [2.05, 4.69) is 5.10 Å². The van der Waals surface area contributed by atoms with Crippen LogP contribution < -0.4 is 0 Å². The van der Waals surface area contributed by atoms with Gasteiger partial charge in [-0.15, -0.1) is 0 Å². The SMILES string of the molecule is Cc1c(C(=O)O[C@@H](C(=O)N(C)C)c2ccccc2)cnn1C. The van der Waals surface area contributed by atoms with E-state index in [1.54, 1.807) is 57.0 Å². The standard InChI is InChI=1S/C16H19N3O3/c1-11-13(10-17-19(11)4)16(21)22-14(15(20)18(2)3)12-8-6-5-7-9-12/h5-10,14H,1-4H3/t14-/m1/s1. The van der Waals surface area contributed by atoms with Crippen molar-refractivity contribution in [3.8, 4) is 0 Å². The predicted molar refractivity (Wildman–Crippen MR) is 81.2 cm³/mol. The van der Waals surface area contributed by atoms with Crippen LogP contribution in [-0.2, 0) is 16.6 Å². The lowest BCUT2D eigenvalue weighted by atomic mass is 10.1. The molecule has 2 rings (SSSR count). The summed E-state index contributed by atoms with van der Waals surface area (Å²) in [4.78, 5) is 26.1. The Kier molecular flexibility index (Phi) is 4.60. The number of ether oxygens (including phenoxy) is 1. The molecule has 6 heteroatoms. The normalized spacial score (nSPS) is 11.8. The van der Waals surface area contributed by atoms with Crippen LogP contribution in [0.3, 0.4) is 0 Å². The quantitative estimate of drug-likeness (QED) is 0.807. The maximum absolute atomic E-state index is 12.3. The molecular formula is C16H19N3O3. The summed E-state index contributed by atoms with van der Waals surface area (Å²) in [6, 6.07) is 8.96. The Hall–Kier alpha value is -2.63. The Morgan fingerprint density at radius 1 is 1.23 bits per heavy atom. The maximum atomic E-state index is 12.3. The average molecular weight is 301 g/mol. The van der Waals surface area contributed by atoms with Crippen LogP contribution in [0, 0.1) is 6.92 Å². The van der Waals surface area contributed by atoms with E-state index in [-0.39, 0.29) is 5.91 Å². The largest absolute Gasteiger partial charge is 0.444 e. The molecule has 0 unspecified atom stereocenters. The van der Waals surface area contributed by atoms with Crippen molar-refractivity contribution >= 4 is 11.9 Å². The Balaban J connectivity index is 2.29. The van der Waals surface area contributed by atoms with Gasteiger partial charge in [-0.3, -0.25) is 9.48 Å². The number of likely N-dealkylation sites (N-methyl/N-ethyl adjacent to an activating group) is 1. The Morgan fingerprint density at radius 2 is 1.86 bits per heavy atom. The highest BCUT2D eigenvalue weighted by atomic mass is 16.5. The van der Waals surface area contributed by atoms with Gasteiger partial charge in [-0.2, -0.15) is 5.10 Å². The smallest absolute Gasteiger partial charge is 0.342 e. The zero-order valence-corrected chi connectivity index (χ0v) is 13.1. The number of carbonyl (C=O) groups is 2. The number of carbonyl (C=O) groups excluding carboxylic acids is 2. The monoisotopic (exact) mass is 301 g/mol. The highest BCUT2D eigenvalue weighted by Crippen LogP contribution is 2.22. The van der Waals surface area contributed by atoms with Gasteiger partial charge in [0.2, 0.25) is 6.10 Å². The van der Waals surface area contributed by atoms with Gasteiger partial charge in [0.1, 0.15) is 5.56 Å². The first kappa shape index (κ1) is 15.8. The molecule has 6 nitrogen and oxygen atoms in total. The van der Waals surface area contributed by atoms with Crippen molar-refractivity contribution in [2.75, 3.05) is 14.1 Å². The minimum absolute atomic E-state index is 0.291. The van der Waals surface area contributed by atoms with E-state index in [9.17, 15) is 9.59 Å². The lowest BCUT2D eigenvalue weighted by Gasteiger charge is -2.21. The van der Waals surface area contributed by atoms with E-state index in [0.717, 1.165) is 0 Å². The first-order valence-corrected chi connectivity index (χ1v) is 6.87. The van der Waals surface area contributed by atoms with Crippen molar-refractivity contribution < 1.29 is 14.3 Å². The van der Waals surface area contributed by atoms with Crippen molar-refractivity contribution in [1.82, 2.24) is 14.7 Å². The van der Waals surface area contributed by atoms with Gasteiger partial charge in [-0.1, -0.05) is 30.3 Å². The van der Waals surface area contributed by atoms with Crippen LogP contribution in [-0.4, -0.2) is 40.7 Å². The van der Waals surface area contributed by atoms with Gasteiger partial charge in [0.05, 0.1) is 6.20 Å². The fourth-order valence-corrected chi connectivity index (χ4v) is 1.99. The molecule has 2 aromatic rings. The summed E-state index contributed by atoms with van der Waals surface area (Å²) in [6.45, 7) is 1.77. The summed E-state index contributed by atoms with van der Waals surface area (Å²) < 4.78 is 7.04. The van der Waals surface area contributed by atoms with Crippen LogP contribution in [0.1, 0.15) is 27.7 Å². The molecule has 0 saturated heterocycles. The van der Waals surface area contributed by atoms with E-state index in [0.29, 0.717) is 16.8 Å². The topological polar surface area (TPSA) is 64.4 Å². The Bertz CT molecular complexity index is 677. The molecular weight excluding hydrogens is 282 g/mol. The number of amides is 1. The molecule has 0 aliphatic rings. The number of benzene rings is 1. The van der Waals surface area contributed by atoms with Crippen LogP contribution >= 0.6 is 0 Å². The van der Waals surface area contributed by atoms with Crippen LogP contribution in [0.15, 0.2) is 36.5 Å². The fraction of sp³-hybridized carbons (Fsp3) is 0.312. The van der Waals surface area contributed by atoms with Crippen LogP contribution in [0.2, 0.25) is 0 Å². The second kappa shape index (κ2) is 6.43. The molecule has 1 aromatic carbocycles. The predicted octanol–water partition coefficient (Wildman–Crippen LogP) is 1.71. The first-order chi connectivity index (χ1) is 10.4. The van der Waals surface area contributed by atoms with Gasteiger partial charge in [0.15, 0.2) is 0 Å². The molecule has 1 aromatic heterocycles. The van der Waals surface area contributed by atoms with Gasteiger partial charge in [-0.25, -0.2) is 4.79 Å². The lowest BCUT2D eigenvalue weighted by molar-refractivity contribution is -0.138. The zero-order chi connectivity index (χ0) is 16.3. The number of rotatable bonds is 4. The molecule has 0 radical (unpaired) electrons. The number of nitrogens with zero attached hydrogens (tertiary/aromatic N) is 3. The molecule has 0 aliphatic heterocycles. The highest BCUT2D eigenvalue weighted by Gasteiger charge is 2.28. The summed E-state index contributed by atoms with van der Waals surface area (Å²) in [5.41, 5.74) is 1.68. The number of esters is 1. The summed E-state index contributed by atoms with van der Waals surface area (Å²) in [5, 5.41) is 4.02. The summed E-state index contributed by atoms with van der Waals surface area (Å²) in [7, 11) is 4.99. The highest BCUT2D eigenvalue weighted by molar-refractivity contribution is 5.93. The van der Waals surface area contributed by atoms with Crippen LogP contribution in [0.25, 0.3) is 0 Å². The molecule has 0 N–H and O–H groups in total. The number of aromatic nitrogens is 2. The van der Waals surface area contributed by atoms with Crippen molar-refractivity contribution in [2.45, 2.75) is 13.0 Å². The summed E-state index contributed by atoms with van der Waals surface area (Å²) in [5.74, 6) is -0.851. The van der Waals surface area contributed by atoms with Crippen LogP contribution in [0.5, 0.6) is 0 Å². The van der Waals surface area contributed by atoms with Gasteiger partial charge < -0.3 is 9.64 Å². The first-order valence-electron chi connectivity index (χ1n) is 6.87. The molecule has 1 atom stereocenters. The van der Waals surface area contributed by atoms with E-state index in [4.69, 9.17) is 4.74 Å². The molecule has 22 heavy (non-hydrogen) atoms. The Morgan fingerprint density at radius 3 is 2.36 bits per heavy atom. The lowest BCUT2D eigenvalue weighted by Crippen LogP contribution is -2.31. The molecule has 0 aliphatic carbocycles. The third-order valence-corrected chi connectivity index (χ3v) is 3.45. The summed E-state index contributed by atoms with van der Waals surface area (Å²) >= 11 is 0. The van der Waals surface area contributed by atoms with Crippen molar-refractivity contribution in [3.05, 3.63) is 53.3 Å². The molecule has 0 fully saturated rings. The van der Waals surface area contributed by atoms with E-state index >= 15 is 0 Å².